The van der Waals surface area contributed by atoms with Crippen molar-refractivity contribution in [1.29, 1.82) is 0 Å². The van der Waals surface area contributed by atoms with Gasteiger partial charge in [-0.2, -0.15) is 0 Å². The number of carbonyl (C=O) groups is 1. The van der Waals surface area contributed by atoms with Gasteiger partial charge in [0, 0.05) is 26.2 Å². The summed E-state index contributed by atoms with van der Waals surface area (Å²) < 4.78 is 5.61. The van der Waals surface area contributed by atoms with Gasteiger partial charge >= 0.3 is 0 Å². The van der Waals surface area contributed by atoms with Gasteiger partial charge in [-0.05, 0) is 19.3 Å². The summed E-state index contributed by atoms with van der Waals surface area (Å²) >= 11 is 0. The van der Waals surface area contributed by atoms with Crippen molar-refractivity contribution in [3.8, 4) is 0 Å². The number of hydrogen-bond acceptors (Lipinski definition) is 3. The zero-order chi connectivity index (χ0) is 9.80. The van der Waals surface area contributed by atoms with Crippen LogP contribution in [0.1, 0.15) is 19.3 Å². The summed E-state index contributed by atoms with van der Waals surface area (Å²) in [7, 11) is 0. The topological polar surface area (TPSA) is 41.6 Å². The lowest BCUT2D eigenvalue weighted by Crippen LogP contribution is -2.51. The van der Waals surface area contributed by atoms with Crippen molar-refractivity contribution in [2.24, 2.45) is 0 Å². The standard InChI is InChI=1S/C10H18N2O2/c13-10-7-11-4-5-12(10)8-9-3-1-2-6-14-9/h9,11H,1-8H2. The van der Waals surface area contributed by atoms with Gasteiger partial charge in [-0.25, -0.2) is 0 Å². The normalized spacial score (nSPS) is 29.3. The maximum atomic E-state index is 11.5. The van der Waals surface area contributed by atoms with E-state index in [0.717, 1.165) is 32.7 Å². The predicted molar refractivity (Wildman–Crippen MR) is 53.0 cm³/mol. The molecule has 0 aromatic carbocycles. The van der Waals surface area contributed by atoms with Crippen molar-refractivity contribution >= 4 is 5.91 Å². The summed E-state index contributed by atoms with van der Waals surface area (Å²) in [5.74, 6) is 0.213. The minimum Gasteiger partial charge on any atom is -0.376 e. The first-order chi connectivity index (χ1) is 6.86. The van der Waals surface area contributed by atoms with Crippen LogP contribution in [0, 0.1) is 0 Å². The van der Waals surface area contributed by atoms with Crippen molar-refractivity contribution in [3.05, 3.63) is 0 Å². The summed E-state index contributed by atoms with van der Waals surface area (Å²) in [6.07, 6.45) is 3.81. The minimum atomic E-state index is 0.213. The monoisotopic (exact) mass is 198 g/mol. The van der Waals surface area contributed by atoms with E-state index in [0.29, 0.717) is 6.54 Å². The lowest BCUT2D eigenvalue weighted by Gasteiger charge is -2.32. The Balaban J connectivity index is 1.79. The van der Waals surface area contributed by atoms with Crippen molar-refractivity contribution in [3.63, 3.8) is 0 Å². The second kappa shape index (κ2) is 4.75. The number of nitrogens with zero attached hydrogens (tertiary/aromatic N) is 1. The number of ether oxygens (including phenoxy) is 1. The van der Waals surface area contributed by atoms with Gasteiger partial charge in [-0.3, -0.25) is 4.79 Å². The summed E-state index contributed by atoms with van der Waals surface area (Å²) in [6, 6.07) is 0. The summed E-state index contributed by atoms with van der Waals surface area (Å²) in [5, 5.41) is 3.07. The van der Waals surface area contributed by atoms with E-state index in [1.165, 1.54) is 12.8 Å². The fraction of sp³-hybridized carbons (Fsp3) is 0.900. The smallest absolute Gasteiger partial charge is 0.236 e. The molecule has 0 bridgehead atoms. The molecule has 0 aromatic rings. The first-order valence-electron chi connectivity index (χ1n) is 5.46. The summed E-state index contributed by atoms with van der Waals surface area (Å²) in [4.78, 5) is 13.4. The van der Waals surface area contributed by atoms with E-state index >= 15 is 0 Å². The second-order valence-corrected chi connectivity index (χ2v) is 4.01. The number of amides is 1. The SMILES string of the molecule is O=C1CNCCN1CC1CCCCO1. The molecular weight excluding hydrogens is 180 g/mol. The van der Waals surface area contributed by atoms with E-state index in [1.807, 2.05) is 4.90 Å². The van der Waals surface area contributed by atoms with Crippen LogP contribution in [0.3, 0.4) is 0 Å². The molecule has 2 heterocycles. The predicted octanol–water partition coefficient (Wildman–Crippen LogP) is -0.0127. The van der Waals surface area contributed by atoms with E-state index in [1.54, 1.807) is 0 Å². The quantitative estimate of drug-likeness (QED) is 0.678. The number of piperazine rings is 1. The average molecular weight is 198 g/mol. The number of carbonyl (C=O) groups excluding carboxylic acids is 1. The van der Waals surface area contributed by atoms with E-state index in [2.05, 4.69) is 5.32 Å². The van der Waals surface area contributed by atoms with Gasteiger partial charge in [0.1, 0.15) is 0 Å². The molecule has 0 spiro atoms. The highest BCUT2D eigenvalue weighted by molar-refractivity contribution is 5.79. The molecule has 80 valence electrons. The van der Waals surface area contributed by atoms with E-state index in [9.17, 15) is 4.79 Å². The first-order valence-corrected chi connectivity index (χ1v) is 5.46. The van der Waals surface area contributed by atoms with E-state index in [-0.39, 0.29) is 12.0 Å². The van der Waals surface area contributed by atoms with Gasteiger partial charge in [0.25, 0.3) is 0 Å². The minimum absolute atomic E-state index is 0.213. The van der Waals surface area contributed by atoms with Crippen molar-refractivity contribution in [2.75, 3.05) is 32.8 Å². The van der Waals surface area contributed by atoms with Gasteiger partial charge < -0.3 is 15.0 Å². The third-order valence-electron chi connectivity index (χ3n) is 2.89. The second-order valence-electron chi connectivity index (χ2n) is 4.01. The van der Waals surface area contributed by atoms with Crippen LogP contribution >= 0.6 is 0 Å². The Kier molecular flexibility index (Phi) is 3.37. The van der Waals surface area contributed by atoms with E-state index < -0.39 is 0 Å². The molecule has 2 fully saturated rings. The fourth-order valence-corrected chi connectivity index (χ4v) is 2.04. The largest absolute Gasteiger partial charge is 0.376 e. The Labute approximate surface area is 84.6 Å². The molecule has 0 saturated carbocycles. The van der Waals surface area contributed by atoms with Crippen LogP contribution in [0.5, 0.6) is 0 Å². The van der Waals surface area contributed by atoms with Crippen LogP contribution in [0.4, 0.5) is 0 Å². The van der Waals surface area contributed by atoms with Gasteiger partial charge in [0.2, 0.25) is 5.91 Å². The molecule has 2 aliphatic rings. The molecule has 2 saturated heterocycles. The van der Waals surface area contributed by atoms with Gasteiger partial charge in [-0.1, -0.05) is 0 Å². The fourth-order valence-electron chi connectivity index (χ4n) is 2.04. The Morgan fingerprint density at radius 1 is 1.50 bits per heavy atom. The Morgan fingerprint density at radius 2 is 2.43 bits per heavy atom. The average Bonchev–Trinajstić information content (AvgIpc) is 2.23. The third-order valence-corrected chi connectivity index (χ3v) is 2.89. The molecule has 0 radical (unpaired) electrons. The molecule has 1 amide bonds. The molecule has 1 atom stereocenters. The Hall–Kier alpha value is -0.610. The van der Waals surface area contributed by atoms with Gasteiger partial charge in [0.15, 0.2) is 0 Å². The highest BCUT2D eigenvalue weighted by atomic mass is 16.5. The molecule has 1 N–H and O–H groups in total. The van der Waals surface area contributed by atoms with Crippen LogP contribution in [0.15, 0.2) is 0 Å². The summed E-state index contributed by atoms with van der Waals surface area (Å²) in [5.41, 5.74) is 0. The molecule has 0 aliphatic carbocycles. The summed E-state index contributed by atoms with van der Waals surface area (Å²) in [6.45, 7) is 3.90. The maximum absolute atomic E-state index is 11.5. The van der Waals surface area contributed by atoms with Crippen LogP contribution in [0.25, 0.3) is 0 Å². The van der Waals surface area contributed by atoms with Crippen molar-refractivity contribution < 1.29 is 9.53 Å². The van der Waals surface area contributed by atoms with Gasteiger partial charge in [-0.15, -0.1) is 0 Å². The molecule has 2 aliphatic heterocycles. The highest BCUT2D eigenvalue weighted by Crippen LogP contribution is 2.14. The van der Waals surface area contributed by atoms with Crippen molar-refractivity contribution in [2.45, 2.75) is 25.4 Å². The maximum Gasteiger partial charge on any atom is 0.236 e. The van der Waals surface area contributed by atoms with Crippen LogP contribution in [-0.4, -0.2) is 49.7 Å². The van der Waals surface area contributed by atoms with E-state index in [4.69, 9.17) is 4.74 Å². The first kappa shape index (κ1) is 9.93. The highest BCUT2D eigenvalue weighted by Gasteiger charge is 2.22. The van der Waals surface area contributed by atoms with Crippen molar-refractivity contribution in [1.82, 2.24) is 10.2 Å². The number of nitrogens with one attached hydrogen (secondary N) is 1. The molecule has 4 heteroatoms. The molecule has 2 rings (SSSR count). The molecule has 1 unspecified atom stereocenters. The van der Waals surface area contributed by atoms with Crippen LogP contribution in [0.2, 0.25) is 0 Å². The zero-order valence-electron chi connectivity index (χ0n) is 8.50. The number of rotatable bonds is 2. The lowest BCUT2D eigenvalue weighted by atomic mass is 10.1. The zero-order valence-corrected chi connectivity index (χ0v) is 8.50. The molecule has 0 aromatic heterocycles. The van der Waals surface area contributed by atoms with Crippen LogP contribution < -0.4 is 5.32 Å². The van der Waals surface area contributed by atoms with Gasteiger partial charge in [0.05, 0.1) is 12.6 Å². The molecular formula is C10H18N2O2. The lowest BCUT2D eigenvalue weighted by molar-refractivity contribution is -0.134. The Morgan fingerprint density at radius 3 is 3.14 bits per heavy atom. The molecule has 4 nitrogen and oxygen atoms in total. The third kappa shape index (κ3) is 2.45. The molecule has 14 heavy (non-hydrogen) atoms. The van der Waals surface area contributed by atoms with Crippen LogP contribution in [-0.2, 0) is 9.53 Å². The number of hydrogen-bond donors (Lipinski definition) is 1. The Bertz CT molecular complexity index is 202.